The standard InChI is InChI=1S/C16H26N2/c1-16(2,3)15-7-5-13(6-8-15)14-11-17-9-10-18(4)12-14/h5-8,14,17H,9-12H2,1-4H3. The Morgan fingerprint density at radius 1 is 1.17 bits per heavy atom. The highest BCUT2D eigenvalue weighted by Crippen LogP contribution is 2.25. The van der Waals surface area contributed by atoms with E-state index in [0.29, 0.717) is 5.92 Å². The van der Waals surface area contributed by atoms with Crippen molar-refractivity contribution in [3.05, 3.63) is 35.4 Å². The number of benzene rings is 1. The van der Waals surface area contributed by atoms with E-state index in [1.165, 1.54) is 11.1 Å². The van der Waals surface area contributed by atoms with Crippen molar-refractivity contribution in [2.75, 3.05) is 33.2 Å². The number of likely N-dealkylation sites (N-methyl/N-ethyl adjacent to an activating group) is 1. The summed E-state index contributed by atoms with van der Waals surface area (Å²) in [6.45, 7) is 11.3. The Morgan fingerprint density at radius 3 is 2.44 bits per heavy atom. The third kappa shape index (κ3) is 3.33. The number of hydrogen-bond donors (Lipinski definition) is 1. The molecule has 18 heavy (non-hydrogen) atoms. The Kier molecular flexibility index (Phi) is 4.08. The molecule has 0 bridgehead atoms. The highest BCUT2D eigenvalue weighted by Gasteiger charge is 2.18. The zero-order valence-electron chi connectivity index (χ0n) is 12.2. The van der Waals surface area contributed by atoms with Gasteiger partial charge in [0.15, 0.2) is 0 Å². The average molecular weight is 246 g/mol. The van der Waals surface area contributed by atoms with Crippen LogP contribution in [0.15, 0.2) is 24.3 Å². The summed E-state index contributed by atoms with van der Waals surface area (Å²) in [6, 6.07) is 9.21. The van der Waals surface area contributed by atoms with Crippen molar-refractivity contribution in [1.82, 2.24) is 10.2 Å². The van der Waals surface area contributed by atoms with Crippen LogP contribution in [0.5, 0.6) is 0 Å². The monoisotopic (exact) mass is 246 g/mol. The molecule has 0 aromatic heterocycles. The molecule has 2 heteroatoms. The minimum Gasteiger partial charge on any atom is -0.315 e. The molecule has 1 fully saturated rings. The maximum atomic E-state index is 3.53. The molecule has 0 radical (unpaired) electrons. The fourth-order valence-corrected chi connectivity index (χ4v) is 2.56. The van der Waals surface area contributed by atoms with E-state index < -0.39 is 0 Å². The van der Waals surface area contributed by atoms with Crippen LogP contribution in [0, 0.1) is 0 Å². The van der Waals surface area contributed by atoms with Crippen molar-refractivity contribution in [2.45, 2.75) is 32.1 Å². The second-order valence-corrected chi connectivity index (χ2v) is 6.54. The fraction of sp³-hybridized carbons (Fsp3) is 0.625. The molecule has 1 aliphatic heterocycles. The first-order chi connectivity index (χ1) is 8.47. The molecule has 1 N–H and O–H groups in total. The lowest BCUT2D eigenvalue weighted by Crippen LogP contribution is -2.24. The van der Waals surface area contributed by atoms with Gasteiger partial charge in [-0.2, -0.15) is 0 Å². The van der Waals surface area contributed by atoms with Crippen molar-refractivity contribution < 1.29 is 0 Å². The Bertz CT molecular complexity index is 375. The maximum Gasteiger partial charge on any atom is 0.0104 e. The number of rotatable bonds is 1. The second kappa shape index (κ2) is 5.41. The van der Waals surface area contributed by atoms with Gasteiger partial charge in [-0.1, -0.05) is 45.0 Å². The highest BCUT2D eigenvalue weighted by atomic mass is 15.1. The molecule has 0 amide bonds. The van der Waals surface area contributed by atoms with E-state index in [1.54, 1.807) is 0 Å². The Labute approximate surface area is 111 Å². The predicted octanol–water partition coefficient (Wildman–Crippen LogP) is 2.60. The van der Waals surface area contributed by atoms with E-state index in [0.717, 1.165) is 26.2 Å². The van der Waals surface area contributed by atoms with Crippen LogP contribution in [-0.4, -0.2) is 38.1 Å². The third-order valence-electron chi connectivity index (χ3n) is 3.84. The predicted molar refractivity (Wildman–Crippen MR) is 78.2 cm³/mol. The first-order valence-electron chi connectivity index (χ1n) is 6.96. The van der Waals surface area contributed by atoms with E-state index in [2.05, 4.69) is 62.3 Å². The van der Waals surface area contributed by atoms with Gasteiger partial charge in [-0.05, 0) is 23.6 Å². The number of hydrogen-bond acceptors (Lipinski definition) is 2. The molecule has 2 rings (SSSR count). The highest BCUT2D eigenvalue weighted by molar-refractivity contribution is 5.30. The van der Waals surface area contributed by atoms with Crippen molar-refractivity contribution in [3.63, 3.8) is 0 Å². The Morgan fingerprint density at radius 2 is 1.83 bits per heavy atom. The largest absolute Gasteiger partial charge is 0.315 e. The van der Waals surface area contributed by atoms with Crippen LogP contribution in [-0.2, 0) is 5.41 Å². The van der Waals surface area contributed by atoms with Crippen LogP contribution >= 0.6 is 0 Å². The average Bonchev–Trinajstić information content (AvgIpc) is 2.53. The van der Waals surface area contributed by atoms with Crippen molar-refractivity contribution in [1.29, 1.82) is 0 Å². The lowest BCUT2D eigenvalue weighted by molar-refractivity contribution is 0.342. The molecule has 1 atom stereocenters. The van der Waals surface area contributed by atoms with E-state index in [1.807, 2.05) is 0 Å². The van der Waals surface area contributed by atoms with Crippen molar-refractivity contribution >= 4 is 0 Å². The van der Waals surface area contributed by atoms with E-state index in [9.17, 15) is 0 Å². The fourth-order valence-electron chi connectivity index (χ4n) is 2.56. The van der Waals surface area contributed by atoms with Crippen LogP contribution in [0.4, 0.5) is 0 Å². The Balaban J connectivity index is 2.13. The summed E-state index contributed by atoms with van der Waals surface area (Å²) in [6.07, 6.45) is 0. The molecule has 1 unspecified atom stereocenters. The molecule has 1 aromatic carbocycles. The zero-order chi connectivity index (χ0) is 13.2. The molecule has 100 valence electrons. The SMILES string of the molecule is CN1CCNCC(c2ccc(C(C)(C)C)cc2)C1. The summed E-state index contributed by atoms with van der Waals surface area (Å²) in [7, 11) is 2.21. The topological polar surface area (TPSA) is 15.3 Å². The normalized spacial score (nSPS) is 22.8. The van der Waals surface area contributed by atoms with Gasteiger partial charge >= 0.3 is 0 Å². The van der Waals surface area contributed by atoms with Crippen molar-refractivity contribution in [3.8, 4) is 0 Å². The van der Waals surface area contributed by atoms with Gasteiger partial charge in [-0.3, -0.25) is 0 Å². The molecule has 0 saturated carbocycles. The minimum atomic E-state index is 0.247. The molecule has 1 aliphatic rings. The summed E-state index contributed by atoms with van der Waals surface area (Å²) in [5.41, 5.74) is 3.13. The summed E-state index contributed by atoms with van der Waals surface area (Å²) in [4.78, 5) is 2.42. The summed E-state index contributed by atoms with van der Waals surface area (Å²) < 4.78 is 0. The van der Waals surface area contributed by atoms with Gasteiger partial charge in [-0.25, -0.2) is 0 Å². The molecule has 0 aliphatic carbocycles. The first kappa shape index (κ1) is 13.6. The lowest BCUT2D eigenvalue weighted by Gasteiger charge is -2.22. The van der Waals surface area contributed by atoms with Gasteiger partial charge < -0.3 is 10.2 Å². The van der Waals surface area contributed by atoms with Crippen LogP contribution in [0.25, 0.3) is 0 Å². The lowest BCUT2D eigenvalue weighted by atomic mass is 9.85. The van der Waals surface area contributed by atoms with Gasteiger partial charge in [0.2, 0.25) is 0 Å². The van der Waals surface area contributed by atoms with Crippen LogP contribution < -0.4 is 5.32 Å². The molecule has 1 heterocycles. The molecule has 1 saturated heterocycles. The summed E-state index contributed by atoms with van der Waals surface area (Å²) in [5.74, 6) is 0.617. The van der Waals surface area contributed by atoms with Gasteiger partial charge in [0, 0.05) is 32.1 Å². The zero-order valence-corrected chi connectivity index (χ0v) is 12.2. The molecule has 2 nitrogen and oxygen atoms in total. The summed E-state index contributed by atoms with van der Waals surface area (Å²) in [5, 5.41) is 3.53. The Hall–Kier alpha value is -0.860. The van der Waals surface area contributed by atoms with Gasteiger partial charge in [0.1, 0.15) is 0 Å². The first-order valence-corrected chi connectivity index (χ1v) is 6.96. The van der Waals surface area contributed by atoms with Crippen LogP contribution in [0.2, 0.25) is 0 Å². The second-order valence-electron chi connectivity index (χ2n) is 6.54. The molecule has 0 spiro atoms. The molecular weight excluding hydrogens is 220 g/mol. The molecule has 1 aromatic rings. The van der Waals surface area contributed by atoms with E-state index >= 15 is 0 Å². The van der Waals surface area contributed by atoms with Gasteiger partial charge in [0.05, 0.1) is 0 Å². The minimum absolute atomic E-state index is 0.247. The number of nitrogens with one attached hydrogen (secondary N) is 1. The third-order valence-corrected chi connectivity index (χ3v) is 3.84. The number of nitrogens with zero attached hydrogens (tertiary/aromatic N) is 1. The van der Waals surface area contributed by atoms with Crippen molar-refractivity contribution in [2.24, 2.45) is 0 Å². The van der Waals surface area contributed by atoms with Crippen LogP contribution in [0.3, 0.4) is 0 Å². The van der Waals surface area contributed by atoms with E-state index in [4.69, 9.17) is 0 Å². The molecular formula is C16H26N2. The van der Waals surface area contributed by atoms with Crippen LogP contribution in [0.1, 0.15) is 37.8 Å². The maximum absolute atomic E-state index is 3.53. The quantitative estimate of drug-likeness (QED) is 0.819. The van der Waals surface area contributed by atoms with E-state index in [-0.39, 0.29) is 5.41 Å². The summed E-state index contributed by atoms with van der Waals surface area (Å²) >= 11 is 0. The van der Waals surface area contributed by atoms with Gasteiger partial charge in [-0.15, -0.1) is 0 Å². The van der Waals surface area contributed by atoms with Gasteiger partial charge in [0.25, 0.3) is 0 Å². The smallest absolute Gasteiger partial charge is 0.0104 e.